The first-order valence-corrected chi connectivity index (χ1v) is 6.50. The van der Waals surface area contributed by atoms with Gasteiger partial charge in [0.2, 0.25) is 0 Å². The Morgan fingerprint density at radius 2 is 1.76 bits per heavy atom. The van der Waals surface area contributed by atoms with Gasteiger partial charge in [0.15, 0.2) is 0 Å². The highest BCUT2D eigenvalue weighted by atomic mass is 19.4. The number of benzene rings is 2. The van der Waals surface area contributed by atoms with E-state index in [9.17, 15) is 28.1 Å². The number of aromatic carboxylic acids is 1. The molecule has 0 spiro atoms. The van der Waals surface area contributed by atoms with E-state index in [1.807, 2.05) is 0 Å². The zero-order valence-corrected chi connectivity index (χ0v) is 12.2. The van der Waals surface area contributed by atoms with Crippen molar-refractivity contribution >= 4 is 28.7 Å². The Labute approximate surface area is 137 Å². The summed E-state index contributed by atoms with van der Waals surface area (Å²) >= 11 is 0. The smallest absolute Gasteiger partial charge is 0.418 e. The van der Waals surface area contributed by atoms with Crippen LogP contribution in [0.5, 0.6) is 0 Å². The third kappa shape index (κ3) is 4.07. The van der Waals surface area contributed by atoms with Crippen molar-refractivity contribution in [3.05, 3.63) is 57.6 Å². The standard InChI is InChI=1S/C14H9F3N4O4/c15-14(16,17)10-6-12(21(24)25)9(13(22)23)5-11(10)20-19-8-3-1-7(18)2-4-8/h1-6H,18H2,(H,22,23). The number of carbonyl (C=O) groups is 1. The van der Waals surface area contributed by atoms with Crippen molar-refractivity contribution in [2.45, 2.75) is 6.18 Å². The summed E-state index contributed by atoms with van der Waals surface area (Å²) in [7, 11) is 0. The third-order valence-electron chi connectivity index (χ3n) is 3.01. The van der Waals surface area contributed by atoms with Gasteiger partial charge in [-0.15, -0.1) is 5.11 Å². The number of nitrogens with two attached hydrogens (primary N) is 1. The van der Waals surface area contributed by atoms with Crippen LogP contribution in [0, 0.1) is 10.1 Å². The maximum absolute atomic E-state index is 13.1. The number of nitrogens with zero attached hydrogens (tertiary/aromatic N) is 3. The first-order valence-electron chi connectivity index (χ1n) is 6.50. The maximum atomic E-state index is 13.1. The predicted octanol–water partition coefficient (Wildman–Crippen LogP) is 4.31. The number of nitro benzene ring substituents is 1. The summed E-state index contributed by atoms with van der Waals surface area (Å²) in [5, 5.41) is 26.8. The molecule has 2 aromatic carbocycles. The molecule has 0 amide bonds. The number of anilines is 1. The Bertz CT molecular complexity index is 864. The largest absolute Gasteiger partial charge is 0.477 e. The zero-order chi connectivity index (χ0) is 18.8. The number of halogens is 3. The van der Waals surface area contributed by atoms with Crippen LogP contribution in [0.25, 0.3) is 0 Å². The van der Waals surface area contributed by atoms with Gasteiger partial charge in [-0.2, -0.15) is 18.3 Å². The Hall–Kier alpha value is -3.50. The molecular weight excluding hydrogens is 345 g/mol. The van der Waals surface area contributed by atoms with Crippen molar-refractivity contribution in [2.24, 2.45) is 10.2 Å². The molecule has 3 N–H and O–H groups in total. The second kappa shape index (κ2) is 6.55. The van der Waals surface area contributed by atoms with E-state index in [1.165, 1.54) is 24.3 Å². The number of hydrogen-bond donors (Lipinski definition) is 2. The van der Waals surface area contributed by atoms with E-state index in [1.54, 1.807) is 0 Å². The molecule has 130 valence electrons. The van der Waals surface area contributed by atoms with E-state index in [0.29, 0.717) is 11.8 Å². The third-order valence-corrected chi connectivity index (χ3v) is 3.01. The van der Waals surface area contributed by atoms with Crippen molar-refractivity contribution in [2.75, 3.05) is 5.73 Å². The molecule has 25 heavy (non-hydrogen) atoms. The second-order valence-corrected chi connectivity index (χ2v) is 4.74. The number of carboxylic acids is 1. The van der Waals surface area contributed by atoms with Gasteiger partial charge in [-0.1, -0.05) is 0 Å². The molecule has 0 saturated heterocycles. The monoisotopic (exact) mass is 354 g/mol. The molecule has 0 unspecified atom stereocenters. The lowest BCUT2D eigenvalue weighted by Crippen LogP contribution is -2.09. The van der Waals surface area contributed by atoms with E-state index in [-0.39, 0.29) is 11.8 Å². The van der Waals surface area contributed by atoms with Crippen LogP contribution >= 0.6 is 0 Å². The quantitative estimate of drug-likeness (QED) is 0.365. The lowest BCUT2D eigenvalue weighted by atomic mass is 10.1. The molecule has 8 nitrogen and oxygen atoms in total. The van der Waals surface area contributed by atoms with Gasteiger partial charge in [0, 0.05) is 11.8 Å². The summed E-state index contributed by atoms with van der Waals surface area (Å²) in [6, 6.07) is 6.24. The van der Waals surface area contributed by atoms with Gasteiger partial charge in [-0.05, 0) is 30.3 Å². The van der Waals surface area contributed by atoms with Crippen molar-refractivity contribution in [3.63, 3.8) is 0 Å². The number of azo groups is 1. The highest BCUT2D eigenvalue weighted by Crippen LogP contribution is 2.40. The fourth-order valence-corrected chi connectivity index (χ4v) is 1.86. The summed E-state index contributed by atoms with van der Waals surface area (Å²) in [4.78, 5) is 20.7. The number of nitro groups is 1. The van der Waals surface area contributed by atoms with Gasteiger partial charge in [-0.25, -0.2) is 4.79 Å². The zero-order valence-electron chi connectivity index (χ0n) is 12.2. The topological polar surface area (TPSA) is 131 Å². The van der Waals surface area contributed by atoms with E-state index in [4.69, 9.17) is 10.8 Å². The number of hydrogen-bond acceptors (Lipinski definition) is 6. The van der Waals surface area contributed by atoms with Gasteiger partial charge < -0.3 is 10.8 Å². The second-order valence-electron chi connectivity index (χ2n) is 4.74. The number of alkyl halides is 3. The van der Waals surface area contributed by atoms with Crippen LogP contribution < -0.4 is 5.73 Å². The van der Waals surface area contributed by atoms with Gasteiger partial charge in [0.05, 0.1) is 21.9 Å². The molecule has 0 heterocycles. The molecular formula is C14H9F3N4O4. The molecule has 0 aliphatic carbocycles. The van der Waals surface area contributed by atoms with Crippen molar-refractivity contribution in [1.29, 1.82) is 0 Å². The van der Waals surface area contributed by atoms with Gasteiger partial charge in [0.1, 0.15) is 5.56 Å². The minimum absolute atomic E-state index is 0.126. The number of carboxylic acid groups (broad SMARTS) is 1. The Kier molecular flexibility index (Phi) is 4.68. The highest BCUT2D eigenvalue weighted by Gasteiger charge is 2.37. The fraction of sp³-hybridized carbons (Fsp3) is 0.0714. The van der Waals surface area contributed by atoms with Crippen LogP contribution in [0.15, 0.2) is 46.6 Å². The van der Waals surface area contributed by atoms with Gasteiger partial charge in [-0.3, -0.25) is 10.1 Å². The van der Waals surface area contributed by atoms with Crippen molar-refractivity contribution in [3.8, 4) is 0 Å². The number of rotatable bonds is 4. The fourth-order valence-electron chi connectivity index (χ4n) is 1.86. The summed E-state index contributed by atoms with van der Waals surface area (Å²) in [5.74, 6) is -1.76. The highest BCUT2D eigenvalue weighted by molar-refractivity contribution is 5.94. The average molecular weight is 354 g/mol. The molecule has 0 radical (unpaired) electrons. The van der Waals surface area contributed by atoms with Crippen molar-refractivity contribution in [1.82, 2.24) is 0 Å². The van der Waals surface area contributed by atoms with E-state index in [2.05, 4.69) is 10.2 Å². The Morgan fingerprint density at radius 1 is 1.16 bits per heavy atom. The molecule has 0 aliphatic rings. The summed E-state index contributed by atoms with van der Waals surface area (Å²) in [6.45, 7) is 0. The van der Waals surface area contributed by atoms with Crippen LogP contribution in [-0.4, -0.2) is 16.0 Å². The normalized spacial score (nSPS) is 11.6. The van der Waals surface area contributed by atoms with E-state index >= 15 is 0 Å². The lowest BCUT2D eigenvalue weighted by Gasteiger charge is -2.10. The van der Waals surface area contributed by atoms with E-state index < -0.39 is 39.6 Å². The Morgan fingerprint density at radius 3 is 2.24 bits per heavy atom. The molecule has 0 atom stereocenters. The van der Waals surface area contributed by atoms with Crippen LogP contribution in [0.3, 0.4) is 0 Å². The minimum atomic E-state index is -4.99. The van der Waals surface area contributed by atoms with Crippen LogP contribution in [0.2, 0.25) is 0 Å². The molecule has 2 rings (SSSR count). The molecule has 2 aromatic rings. The van der Waals surface area contributed by atoms with E-state index in [0.717, 1.165) is 0 Å². The van der Waals surface area contributed by atoms with Gasteiger partial charge >= 0.3 is 12.1 Å². The first kappa shape index (κ1) is 17.8. The van der Waals surface area contributed by atoms with Gasteiger partial charge in [0.25, 0.3) is 5.69 Å². The SMILES string of the molecule is Nc1ccc(N=Nc2cc(C(=O)O)c([N+](=O)[O-])cc2C(F)(F)F)cc1. The summed E-state index contributed by atoms with van der Waals surface area (Å²) in [6.07, 6.45) is -4.99. The predicted molar refractivity (Wildman–Crippen MR) is 80.1 cm³/mol. The van der Waals surface area contributed by atoms with Crippen molar-refractivity contribution < 1.29 is 28.0 Å². The van der Waals surface area contributed by atoms with Crippen LogP contribution in [0.4, 0.5) is 35.9 Å². The molecule has 0 aromatic heterocycles. The molecule has 11 heteroatoms. The maximum Gasteiger partial charge on any atom is 0.418 e. The molecule has 0 aliphatic heterocycles. The number of nitrogen functional groups attached to an aromatic ring is 1. The summed E-state index contributed by atoms with van der Waals surface area (Å²) < 4.78 is 39.3. The first-order chi connectivity index (χ1) is 11.6. The molecule has 0 saturated carbocycles. The minimum Gasteiger partial charge on any atom is -0.477 e. The molecule has 0 bridgehead atoms. The van der Waals surface area contributed by atoms with Crippen LogP contribution in [0.1, 0.15) is 15.9 Å². The Balaban J connectivity index is 2.61. The lowest BCUT2D eigenvalue weighted by molar-refractivity contribution is -0.385. The summed E-state index contributed by atoms with van der Waals surface area (Å²) in [5.41, 5.74) is 1.59. The average Bonchev–Trinajstić information content (AvgIpc) is 2.52. The van der Waals surface area contributed by atoms with Crippen LogP contribution in [-0.2, 0) is 6.18 Å². The molecule has 0 fully saturated rings.